The van der Waals surface area contributed by atoms with E-state index < -0.39 is 11.8 Å². The minimum Gasteiger partial charge on any atom is -0.469 e. The van der Waals surface area contributed by atoms with Crippen molar-refractivity contribution < 1.29 is 14.0 Å². The summed E-state index contributed by atoms with van der Waals surface area (Å²) in [6.07, 6.45) is 1.41. The Morgan fingerprint density at radius 2 is 1.94 bits per heavy atom. The number of furan rings is 1. The van der Waals surface area contributed by atoms with E-state index in [9.17, 15) is 9.59 Å². The Hall–Kier alpha value is -1.79. The Balaban J connectivity index is 1.94. The lowest BCUT2D eigenvalue weighted by atomic mass is 10.2. The van der Waals surface area contributed by atoms with Gasteiger partial charge in [-0.3, -0.25) is 20.4 Å². The molecule has 0 bridgehead atoms. The molecule has 0 unspecified atom stereocenters. The number of thiophene rings is 1. The molecule has 94 valence electrons. The molecule has 0 aliphatic heterocycles. The lowest BCUT2D eigenvalue weighted by Gasteiger charge is -2.04. The number of aryl methyl sites for hydroxylation is 1. The number of rotatable bonds is 2. The van der Waals surface area contributed by atoms with Crippen LogP contribution in [0, 0.1) is 6.92 Å². The fourth-order valence-corrected chi connectivity index (χ4v) is 2.24. The Morgan fingerprint density at radius 3 is 2.50 bits per heavy atom. The second-order valence-corrected chi connectivity index (χ2v) is 5.12. The van der Waals surface area contributed by atoms with Gasteiger partial charge in [0.1, 0.15) is 5.76 Å². The summed E-state index contributed by atoms with van der Waals surface area (Å²) in [5, 5.41) is 0. The fourth-order valence-electron chi connectivity index (χ4n) is 1.30. The highest BCUT2D eigenvalue weighted by molar-refractivity contribution is 7.17. The Labute approximate surface area is 112 Å². The topological polar surface area (TPSA) is 71.3 Å². The molecule has 0 atom stereocenters. The number of hydrogen-bond donors (Lipinski definition) is 2. The summed E-state index contributed by atoms with van der Waals surface area (Å²) < 4.78 is 5.50. The van der Waals surface area contributed by atoms with Gasteiger partial charge in [0.2, 0.25) is 0 Å². The van der Waals surface area contributed by atoms with E-state index in [4.69, 9.17) is 16.0 Å². The number of carbonyl (C=O) groups excluding carboxylic acids is 2. The van der Waals surface area contributed by atoms with Gasteiger partial charge in [0, 0.05) is 0 Å². The highest BCUT2D eigenvalue weighted by Crippen LogP contribution is 2.20. The van der Waals surface area contributed by atoms with Gasteiger partial charge in [0.15, 0.2) is 0 Å². The number of halogens is 1. The standard InChI is InChI=1S/C11H9ClN2O3S/c1-6-7(4-5-17-6)10(15)13-14-11(16)8-2-3-9(12)18-8/h2-5H,1H3,(H,13,15)(H,14,16). The summed E-state index contributed by atoms with van der Waals surface area (Å²) >= 11 is 6.84. The molecule has 5 nitrogen and oxygen atoms in total. The largest absolute Gasteiger partial charge is 0.469 e. The summed E-state index contributed by atoms with van der Waals surface area (Å²) in [4.78, 5) is 23.7. The number of hydrogen-bond acceptors (Lipinski definition) is 4. The number of hydrazine groups is 1. The average molecular weight is 285 g/mol. The molecule has 2 aromatic rings. The molecule has 2 N–H and O–H groups in total. The van der Waals surface area contributed by atoms with Crippen LogP contribution in [0.5, 0.6) is 0 Å². The molecule has 0 aliphatic carbocycles. The van der Waals surface area contributed by atoms with Crippen LogP contribution in [0.4, 0.5) is 0 Å². The summed E-state index contributed by atoms with van der Waals surface area (Å²) in [6.45, 7) is 1.66. The smallest absolute Gasteiger partial charge is 0.279 e. The molecule has 0 fully saturated rings. The van der Waals surface area contributed by atoms with Gasteiger partial charge in [-0.25, -0.2) is 0 Å². The van der Waals surface area contributed by atoms with Crippen LogP contribution in [-0.2, 0) is 0 Å². The molecule has 0 spiro atoms. The lowest BCUT2D eigenvalue weighted by molar-refractivity contribution is 0.0848. The summed E-state index contributed by atoms with van der Waals surface area (Å²) in [5.41, 5.74) is 4.97. The van der Waals surface area contributed by atoms with Gasteiger partial charge in [-0.15, -0.1) is 11.3 Å². The summed E-state index contributed by atoms with van der Waals surface area (Å²) in [5.74, 6) is -0.362. The Morgan fingerprint density at radius 1 is 1.22 bits per heavy atom. The fraction of sp³-hybridized carbons (Fsp3) is 0.0909. The predicted molar refractivity (Wildman–Crippen MR) is 67.7 cm³/mol. The van der Waals surface area contributed by atoms with Crippen LogP contribution < -0.4 is 10.9 Å². The second-order valence-electron chi connectivity index (χ2n) is 3.40. The Bertz CT molecular complexity index is 591. The first-order valence-electron chi connectivity index (χ1n) is 4.98. The van der Waals surface area contributed by atoms with Crippen molar-refractivity contribution in [3.05, 3.63) is 45.0 Å². The van der Waals surface area contributed by atoms with Gasteiger partial charge in [-0.2, -0.15) is 0 Å². The molecule has 2 amide bonds. The Kier molecular flexibility index (Phi) is 3.69. The summed E-state index contributed by atoms with van der Waals surface area (Å²) in [7, 11) is 0. The van der Waals surface area contributed by atoms with Crippen LogP contribution >= 0.6 is 22.9 Å². The van der Waals surface area contributed by atoms with Crippen LogP contribution in [0.1, 0.15) is 25.8 Å². The van der Waals surface area contributed by atoms with Crippen molar-refractivity contribution in [2.75, 3.05) is 0 Å². The van der Waals surface area contributed by atoms with Crippen LogP contribution in [0.25, 0.3) is 0 Å². The predicted octanol–water partition coefficient (Wildman–Crippen LogP) is 2.38. The minimum absolute atomic E-state index is 0.375. The number of nitrogens with one attached hydrogen (secondary N) is 2. The zero-order valence-electron chi connectivity index (χ0n) is 9.32. The second kappa shape index (κ2) is 5.24. The van der Waals surface area contributed by atoms with Crippen molar-refractivity contribution in [1.82, 2.24) is 10.9 Å². The lowest BCUT2D eigenvalue weighted by Crippen LogP contribution is -2.41. The molecule has 2 aromatic heterocycles. The average Bonchev–Trinajstić information content (AvgIpc) is 2.94. The number of amides is 2. The number of carbonyl (C=O) groups is 2. The first-order chi connectivity index (χ1) is 8.58. The van der Waals surface area contributed by atoms with Crippen LogP contribution in [-0.4, -0.2) is 11.8 Å². The normalized spacial score (nSPS) is 10.1. The van der Waals surface area contributed by atoms with Crippen molar-refractivity contribution in [3.8, 4) is 0 Å². The minimum atomic E-state index is -0.433. The van der Waals surface area contributed by atoms with Crippen LogP contribution in [0.3, 0.4) is 0 Å². The van der Waals surface area contributed by atoms with E-state index in [1.54, 1.807) is 19.1 Å². The van der Waals surface area contributed by atoms with Crippen molar-refractivity contribution >= 4 is 34.8 Å². The highest BCUT2D eigenvalue weighted by atomic mass is 35.5. The van der Waals surface area contributed by atoms with E-state index in [0.29, 0.717) is 20.5 Å². The molecule has 2 heterocycles. The third-order valence-corrected chi connectivity index (χ3v) is 3.42. The van der Waals surface area contributed by atoms with Gasteiger partial charge >= 0.3 is 0 Å². The van der Waals surface area contributed by atoms with Gasteiger partial charge in [0.05, 0.1) is 21.0 Å². The molecule has 18 heavy (non-hydrogen) atoms. The van der Waals surface area contributed by atoms with E-state index in [-0.39, 0.29) is 0 Å². The van der Waals surface area contributed by atoms with Gasteiger partial charge in [0.25, 0.3) is 11.8 Å². The van der Waals surface area contributed by atoms with Crippen molar-refractivity contribution in [2.24, 2.45) is 0 Å². The monoisotopic (exact) mass is 284 g/mol. The first kappa shape index (κ1) is 12.7. The molecule has 0 aromatic carbocycles. The van der Waals surface area contributed by atoms with Crippen molar-refractivity contribution in [1.29, 1.82) is 0 Å². The van der Waals surface area contributed by atoms with Crippen LogP contribution in [0.2, 0.25) is 4.34 Å². The SMILES string of the molecule is Cc1occc1C(=O)NNC(=O)c1ccc(Cl)s1. The summed E-state index contributed by atoms with van der Waals surface area (Å²) in [6, 6.07) is 4.72. The molecule has 0 saturated carbocycles. The van der Waals surface area contributed by atoms with Gasteiger partial charge in [-0.05, 0) is 25.1 Å². The zero-order valence-corrected chi connectivity index (χ0v) is 10.9. The van der Waals surface area contributed by atoms with Gasteiger partial charge < -0.3 is 4.42 Å². The molecular weight excluding hydrogens is 276 g/mol. The van der Waals surface area contributed by atoms with Crippen molar-refractivity contribution in [3.63, 3.8) is 0 Å². The van der Waals surface area contributed by atoms with Gasteiger partial charge in [-0.1, -0.05) is 11.6 Å². The molecule has 0 radical (unpaired) electrons. The van der Waals surface area contributed by atoms with E-state index in [1.165, 1.54) is 12.3 Å². The molecule has 7 heteroatoms. The van der Waals surface area contributed by atoms with E-state index in [1.807, 2.05) is 0 Å². The van der Waals surface area contributed by atoms with Crippen LogP contribution in [0.15, 0.2) is 28.9 Å². The van der Waals surface area contributed by atoms with E-state index >= 15 is 0 Å². The third-order valence-electron chi connectivity index (χ3n) is 2.19. The van der Waals surface area contributed by atoms with Crippen molar-refractivity contribution in [2.45, 2.75) is 6.92 Å². The third kappa shape index (κ3) is 2.72. The molecule has 2 rings (SSSR count). The molecular formula is C11H9ClN2O3S. The first-order valence-corrected chi connectivity index (χ1v) is 6.17. The quantitative estimate of drug-likeness (QED) is 0.832. The maximum Gasteiger partial charge on any atom is 0.279 e. The maximum atomic E-state index is 11.7. The highest BCUT2D eigenvalue weighted by Gasteiger charge is 2.13. The van der Waals surface area contributed by atoms with E-state index in [0.717, 1.165) is 11.3 Å². The zero-order chi connectivity index (χ0) is 13.1. The maximum absolute atomic E-state index is 11.7. The molecule has 0 aliphatic rings. The molecule has 0 saturated heterocycles. The van der Waals surface area contributed by atoms with E-state index in [2.05, 4.69) is 10.9 Å².